The Morgan fingerprint density at radius 3 is 2.16 bits per heavy atom. The second-order valence-electron chi connectivity index (χ2n) is 6.15. The Morgan fingerprint density at radius 1 is 1.12 bits per heavy atom. The van der Waals surface area contributed by atoms with E-state index in [9.17, 15) is 4.79 Å². The Labute approximate surface area is 150 Å². The summed E-state index contributed by atoms with van der Waals surface area (Å²) in [6.45, 7) is 7.98. The molecular weight excluding hydrogens is 310 g/mol. The van der Waals surface area contributed by atoms with Gasteiger partial charge in [-0.25, -0.2) is 0 Å². The van der Waals surface area contributed by atoms with Crippen LogP contribution in [-0.2, 0) is 9.53 Å². The number of esters is 1. The lowest BCUT2D eigenvalue weighted by Crippen LogP contribution is -2.40. The maximum Gasteiger partial charge on any atom is 0.302 e. The van der Waals surface area contributed by atoms with Gasteiger partial charge in [0.25, 0.3) is 0 Å². The summed E-state index contributed by atoms with van der Waals surface area (Å²) in [5.74, 6) is -0.176. The Morgan fingerprint density at radius 2 is 1.68 bits per heavy atom. The van der Waals surface area contributed by atoms with Gasteiger partial charge in [-0.15, -0.1) is 6.58 Å². The fourth-order valence-corrected chi connectivity index (χ4v) is 2.95. The maximum absolute atomic E-state index is 10.7. The van der Waals surface area contributed by atoms with Crippen LogP contribution in [0.3, 0.4) is 0 Å². The fraction of sp³-hybridized carbons (Fsp3) is 0.318. The molecule has 1 aliphatic heterocycles. The minimum Gasteiger partial charge on any atom is -0.461 e. The quantitative estimate of drug-likeness (QED) is 0.605. The van der Waals surface area contributed by atoms with Crippen LogP contribution in [0.2, 0.25) is 0 Å². The summed E-state index contributed by atoms with van der Waals surface area (Å²) in [7, 11) is 0. The second kappa shape index (κ2) is 10.5. The van der Waals surface area contributed by atoms with Crippen molar-refractivity contribution in [2.45, 2.75) is 25.9 Å². The highest BCUT2D eigenvalue weighted by molar-refractivity contribution is 5.66. The Hall–Kier alpha value is -2.39. The van der Waals surface area contributed by atoms with Crippen molar-refractivity contribution >= 4 is 5.97 Å². The van der Waals surface area contributed by atoms with E-state index < -0.39 is 0 Å². The molecule has 3 heteroatoms. The van der Waals surface area contributed by atoms with Crippen LogP contribution in [0.4, 0.5) is 0 Å². The highest BCUT2D eigenvalue weighted by atomic mass is 16.5. The highest BCUT2D eigenvalue weighted by Gasteiger charge is 2.20. The van der Waals surface area contributed by atoms with Crippen molar-refractivity contribution in [3.05, 3.63) is 73.3 Å². The molecule has 1 fully saturated rings. The third-order valence-corrected chi connectivity index (χ3v) is 4.06. The lowest BCUT2D eigenvalue weighted by Gasteiger charge is -2.31. The summed E-state index contributed by atoms with van der Waals surface area (Å²) in [6.07, 6.45) is 4.07. The van der Waals surface area contributed by atoms with Gasteiger partial charge in [0, 0.05) is 20.0 Å². The van der Waals surface area contributed by atoms with E-state index in [0.29, 0.717) is 0 Å². The Balaban J connectivity index is 0.000000181. The number of ether oxygens (including phenoxy) is 1. The van der Waals surface area contributed by atoms with E-state index in [-0.39, 0.29) is 12.1 Å². The largest absolute Gasteiger partial charge is 0.461 e. The number of hydrogen-bond donors (Lipinski definition) is 0. The Bertz CT molecular complexity index is 602. The van der Waals surface area contributed by atoms with E-state index in [1.165, 1.54) is 18.1 Å². The van der Waals surface area contributed by atoms with E-state index in [0.717, 1.165) is 32.5 Å². The zero-order valence-corrected chi connectivity index (χ0v) is 14.9. The van der Waals surface area contributed by atoms with Crippen LogP contribution in [0, 0.1) is 0 Å². The maximum atomic E-state index is 10.7. The highest BCUT2D eigenvalue weighted by Crippen LogP contribution is 2.17. The summed E-state index contributed by atoms with van der Waals surface area (Å²) >= 11 is 0. The third-order valence-electron chi connectivity index (χ3n) is 4.06. The molecule has 0 N–H and O–H groups in total. The summed E-state index contributed by atoms with van der Waals surface area (Å²) < 4.78 is 5.15. The Kier molecular flexibility index (Phi) is 7.93. The summed E-state index contributed by atoms with van der Waals surface area (Å²) in [6, 6.07) is 20.8. The number of rotatable bonds is 4. The summed E-state index contributed by atoms with van der Waals surface area (Å²) in [5.41, 5.74) is 2.55. The SMILES string of the molecule is C=CCN1CCCC(OC(C)=O)C1.c1ccc(-c2ccccc2)cc1. The third kappa shape index (κ3) is 6.94. The normalized spacial score (nSPS) is 17.1. The molecule has 0 aromatic heterocycles. The van der Waals surface area contributed by atoms with E-state index in [1.807, 2.05) is 18.2 Å². The van der Waals surface area contributed by atoms with Gasteiger partial charge in [0.15, 0.2) is 0 Å². The molecule has 1 saturated heterocycles. The standard InChI is InChI=1S/C12H10.C10H17NO2/c1-3-7-11(8-4-1)12-9-5-2-6-10-12;1-3-6-11-7-4-5-10(8-11)13-9(2)12/h1-10H;3,10H,1,4-8H2,2H3. The average molecular weight is 337 g/mol. The summed E-state index contributed by atoms with van der Waals surface area (Å²) in [5, 5.41) is 0. The smallest absolute Gasteiger partial charge is 0.302 e. The molecule has 1 unspecified atom stereocenters. The van der Waals surface area contributed by atoms with Gasteiger partial charge in [-0.1, -0.05) is 66.7 Å². The van der Waals surface area contributed by atoms with Crippen LogP contribution in [0.1, 0.15) is 19.8 Å². The van der Waals surface area contributed by atoms with Crippen LogP contribution >= 0.6 is 0 Å². The molecule has 0 amide bonds. The van der Waals surface area contributed by atoms with E-state index in [1.54, 1.807) is 0 Å². The van der Waals surface area contributed by atoms with Gasteiger partial charge in [0.1, 0.15) is 6.10 Å². The number of piperidine rings is 1. The van der Waals surface area contributed by atoms with Crippen LogP contribution in [0.15, 0.2) is 73.3 Å². The molecule has 25 heavy (non-hydrogen) atoms. The molecule has 0 spiro atoms. The first-order valence-corrected chi connectivity index (χ1v) is 8.80. The second-order valence-corrected chi connectivity index (χ2v) is 6.15. The van der Waals surface area contributed by atoms with Crippen molar-refractivity contribution in [3.63, 3.8) is 0 Å². The first kappa shape index (κ1) is 18.9. The number of likely N-dealkylation sites (tertiary alicyclic amines) is 1. The van der Waals surface area contributed by atoms with Gasteiger partial charge in [-0.3, -0.25) is 9.69 Å². The molecule has 1 atom stereocenters. The zero-order chi connectivity index (χ0) is 17.9. The molecule has 0 aliphatic carbocycles. The van der Waals surface area contributed by atoms with Gasteiger partial charge in [0.2, 0.25) is 0 Å². The van der Waals surface area contributed by atoms with Crippen molar-refractivity contribution in [1.82, 2.24) is 4.90 Å². The molecular formula is C22H27NO2. The van der Waals surface area contributed by atoms with Crippen molar-refractivity contribution in [3.8, 4) is 11.1 Å². The fourth-order valence-electron chi connectivity index (χ4n) is 2.95. The molecule has 0 radical (unpaired) electrons. The van der Waals surface area contributed by atoms with E-state index in [4.69, 9.17) is 4.74 Å². The number of carbonyl (C=O) groups excluding carboxylic acids is 1. The predicted octanol–water partition coefficient (Wildman–Crippen LogP) is 4.55. The van der Waals surface area contributed by atoms with Crippen LogP contribution < -0.4 is 0 Å². The van der Waals surface area contributed by atoms with Crippen LogP contribution in [0.5, 0.6) is 0 Å². The van der Waals surface area contributed by atoms with Gasteiger partial charge in [-0.05, 0) is 30.5 Å². The molecule has 3 nitrogen and oxygen atoms in total. The van der Waals surface area contributed by atoms with Gasteiger partial charge in [0.05, 0.1) is 0 Å². The molecule has 2 aromatic rings. The lowest BCUT2D eigenvalue weighted by molar-refractivity contribution is -0.148. The van der Waals surface area contributed by atoms with Crippen molar-refractivity contribution < 1.29 is 9.53 Å². The number of benzene rings is 2. The first-order valence-electron chi connectivity index (χ1n) is 8.80. The first-order chi connectivity index (χ1) is 12.2. The van der Waals surface area contributed by atoms with E-state index in [2.05, 4.69) is 60.0 Å². The number of nitrogens with zero attached hydrogens (tertiary/aromatic N) is 1. The van der Waals surface area contributed by atoms with Gasteiger partial charge >= 0.3 is 5.97 Å². The molecule has 3 rings (SSSR count). The number of hydrogen-bond acceptors (Lipinski definition) is 3. The minimum absolute atomic E-state index is 0.0891. The number of carbonyl (C=O) groups is 1. The van der Waals surface area contributed by atoms with Gasteiger partial charge < -0.3 is 4.74 Å². The van der Waals surface area contributed by atoms with Gasteiger partial charge in [-0.2, -0.15) is 0 Å². The van der Waals surface area contributed by atoms with Crippen molar-refractivity contribution in [2.75, 3.05) is 19.6 Å². The molecule has 1 aliphatic rings. The molecule has 0 bridgehead atoms. The average Bonchev–Trinajstić information content (AvgIpc) is 2.64. The monoisotopic (exact) mass is 337 g/mol. The molecule has 0 saturated carbocycles. The minimum atomic E-state index is -0.176. The predicted molar refractivity (Wildman–Crippen MR) is 103 cm³/mol. The molecule has 2 aromatic carbocycles. The summed E-state index contributed by atoms with van der Waals surface area (Å²) in [4.78, 5) is 13.0. The van der Waals surface area contributed by atoms with Crippen LogP contribution in [0.25, 0.3) is 11.1 Å². The van der Waals surface area contributed by atoms with E-state index >= 15 is 0 Å². The molecule has 1 heterocycles. The van der Waals surface area contributed by atoms with Crippen LogP contribution in [-0.4, -0.2) is 36.6 Å². The van der Waals surface area contributed by atoms with Crippen molar-refractivity contribution in [2.24, 2.45) is 0 Å². The topological polar surface area (TPSA) is 29.5 Å². The lowest BCUT2D eigenvalue weighted by atomic mass is 10.1. The zero-order valence-electron chi connectivity index (χ0n) is 14.9. The van der Waals surface area contributed by atoms with Crippen molar-refractivity contribution in [1.29, 1.82) is 0 Å². The molecule has 132 valence electrons.